The quantitative estimate of drug-likeness (QED) is 0.519. The third-order valence-electron chi connectivity index (χ3n) is 1.87. The van der Waals surface area contributed by atoms with Gasteiger partial charge in [-0.25, -0.2) is 0 Å². The van der Waals surface area contributed by atoms with Crippen molar-refractivity contribution in [2.75, 3.05) is 11.9 Å². The van der Waals surface area contributed by atoms with Gasteiger partial charge in [-0.1, -0.05) is 42.1 Å². The number of aliphatic hydroxyl groups excluding tert-OH is 1. The SMILES string of the molecule is C[C@H](CBr)CCCCCCO. The molecule has 0 aromatic carbocycles. The fourth-order valence-corrected chi connectivity index (χ4v) is 1.36. The molecular weight excluding hydrogens is 204 g/mol. The molecule has 0 aliphatic rings. The number of halogens is 1. The molecule has 0 saturated heterocycles. The molecule has 0 aromatic heterocycles. The zero-order valence-corrected chi connectivity index (χ0v) is 8.94. The lowest BCUT2D eigenvalue weighted by molar-refractivity contribution is 0.282. The highest BCUT2D eigenvalue weighted by molar-refractivity contribution is 9.09. The van der Waals surface area contributed by atoms with E-state index in [1.165, 1.54) is 25.7 Å². The van der Waals surface area contributed by atoms with Crippen LogP contribution in [0.15, 0.2) is 0 Å². The Kier molecular flexibility index (Phi) is 8.88. The average Bonchev–Trinajstić information content (AvgIpc) is 2.04. The van der Waals surface area contributed by atoms with Gasteiger partial charge < -0.3 is 5.11 Å². The molecule has 0 radical (unpaired) electrons. The molecule has 0 aliphatic heterocycles. The first-order chi connectivity index (χ1) is 5.31. The van der Waals surface area contributed by atoms with Crippen LogP contribution in [-0.2, 0) is 0 Å². The third-order valence-corrected chi connectivity index (χ3v) is 2.97. The van der Waals surface area contributed by atoms with Crippen molar-refractivity contribution < 1.29 is 5.11 Å². The van der Waals surface area contributed by atoms with E-state index in [0.717, 1.165) is 17.7 Å². The predicted molar refractivity (Wildman–Crippen MR) is 53.1 cm³/mol. The highest BCUT2D eigenvalue weighted by atomic mass is 79.9. The summed E-state index contributed by atoms with van der Waals surface area (Å²) in [5.41, 5.74) is 0. The normalized spacial score (nSPS) is 13.4. The van der Waals surface area contributed by atoms with Crippen molar-refractivity contribution in [2.45, 2.75) is 39.0 Å². The molecule has 0 aliphatic carbocycles. The number of hydrogen-bond donors (Lipinski definition) is 1. The summed E-state index contributed by atoms with van der Waals surface area (Å²) in [6.45, 7) is 2.62. The van der Waals surface area contributed by atoms with E-state index in [-0.39, 0.29) is 0 Å². The van der Waals surface area contributed by atoms with Crippen LogP contribution < -0.4 is 0 Å². The van der Waals surface area contributed by atoms with Crippen LogP contribution in [0.1, 0.15) is 39.0 Å². The molecule has 0 spiro atoms. The maximum Gasteiger partial charge on any atom is 0.0431 e. The number of aliphatic hydroxyl groups is 1. The van der Waals surface area contributed by atoms with Gasteiger partial charge in [0.25, 0.3) is 0 Å². The van der Waals surface area contributed by atoms with E-state index in [0.29, 0.717) is 6.61 Å². The Bertz CT molecular complexity index is 76.0. The van der Waals surface area contributed by atoms with Crippen molar-refractivity contribution in [1.82, 2.24) is 0 Å². The van der Waals surface area contributed by atoms with E-state index >= 15 is 0 Å². The fourth-order valence-electron chi connectivity index (χ4n) is 1.04. The van der Waals surface area contributed by atoms with Gasteiger partial charge in [0, 0.05) is 11.9 Å². The van der Waals surface area contributed by atoms with Gasteiger partial charge in [0.2, 0.25) is 0 Å². The second kappa shape index (κ2) is 8.54. The summed E-state index contributed by atoms with van der Waals surface area (Å²) in [5.74, 6) is 0.809. The molecule has 0 aromatic rings. The minimum atomic E-state index is 0.355. The van der Waals surface area contributed by atoms with Crippen LogP contribution >= 0.6 is 15.9 Å². The Labute approximate surface area is 78.3 Å². The molecule has 0 rings (SSSR count). The molecule has 0 unspecified atom stereocenters. The monoisotopic (exact) mass is 222 g/mol. The zero-order chi connectivity index (χ0) is 8.53. The fraction of sp³-hybridized carbons (Fsp3) is 1.00. The van der Waals surface area contributed by atoms with Crippen molar-refractivity contribution in [3.8, 4) is 0 Å². The zero-order valence-electron chi connectivity index (χ0n) is 7.35. The Morgan fingerprint density at radius 2 is 1.82 bits per heavy atom. The Balaban J connectivity index is 2.89. The van der Waals surface area contributed by atoms with Crippen molar-refractivity contribution in [3.05, 3.63) is 0 Å². The van der Waals surface area contributed by atoms with Gasteiger partial charge in [0.1, 0.15) is 0 Å². The molecule has 2 heteroatoms. The van der Waals surface area contributed by atoms with Crippen molar-refractivity contribution >= 4 is 15.9 Å². The van der Waals surface area contributed by atoms with E-state index in [1.54, 1.807) is 0 Å². The number of unbranched alkanes of at least 4 members (excludes halogenated alkanes) is 3. The lowest BCUT2D eigenvalue weighted by Gasteiger charge is -2.05. The summed E-state index contributed by atoms with van der Waals surface area (Å²) >= 11 is 3.46. The summed E-state index contributed by atoms with van der Waals surface area (Å²) in [4.78, 5) is 0. The minimum absolute atomic E-state index is 0.355. The maximum atomic E-state index is 8.51. The van der Waals surface area contributed by atoms with Crippen molar-refractivity contribution in [3.63, 3.8) is 0 Å². The molecule has 68 valence electrons. The largest absolute Gasteiger partial charge is 0.396 e. The standard InChI is InChI=1S/C9H19BrO/c1-9(8-10)6-4-2-3-5-7-11/h9,11H,2-8H2,1H3/t9-/m0/s1. The molecule has 0 heterocycles. The van der Waals surface area contributed by atoms with Crippen LogP contribution in [0.5, 0.6) is 0 Å². The molecule has 0 bridgehead atoms. The lowest BCUT2D eigenvalue weighted by atomic mass is 10.0. The molecule has 0 saturated carbocycles. The second-order valence-electron chi connectivity index (χ2n) is 3.19. The van der Waals surface area contributed by atoms with Gasteiger partial charge in [-0.05, 0) is 18.8 Å². The number of alkyl halides is 1. The van der Waals surface area contributed by atoms with E-state index in [9.17, 15) is 0 Å². The highest BCUT2D eigenvalue weighted by Crippen LogP contribution is 2.11. The van der Waals surface area contributed by atoms with Crippen LogP contribution in [0.25, 0.3) is 0 Å². The van der Waals surface area contributed by atoms with Crippen LogP contribution in [-0.4, -0.2) is 17.0 Å². The van der Waals surface area contributed by atoms with Gasteiger partial charge >= 0.3 is 0 Å². The first kappa shape index (κ1) is 11.4. The summed E-state index contributed by atoms with van der Waals surface area (Å²) in [6, 6.07) is 0. The van der Waals surface area contributed by atoms with Crippen LogP contribution in [0.4, 0.5) is 0 Å². The average molecular weight is 223 g/mol. The molecule has 0 amide bonds. The van der Waals surface area contributed by atoms with E-state index in [2.05, 4.69) is 22.9 Å². The van der Waals surface area contributed by atoms with Crippen molar-refractivity contribution in [1.29, 1.82) is 0 Å². The summed E-state index contributed by atoms with van der Waals surface area (Å²) in [7, 11) is 0. The summed E-state index contributed by atoms with van der Waals surface area (Å²) < 4.78 is 0. The second-order valence-corrected chi connectivity index (χ2v) is 3.83. The third kappa shape index (κ3) is 8.35. The lowest BCUT2D eigenvalue weighted by Crippen LogP contribution is -1.95. The topological polar surface area (TPSA) is 20.2 Å². The number of hydrogen-bond acceptors (Lipinski definition) is 1. The Hall–Kier alpha value is 0.440. The predicted octanol–water partition coefficient (Wildman–Crippen LogP) is 2.96. The minimum Gasteiger partial charge on any atom is -0.396 e. The Morgan fingerprint density at radius 3 is 2.36 bits per heavy atom. The van der Waals surface area contributed by atoms with Gasteiger partial charge in [0.05, 0.1) is 0 Å². The van der Waals surface area contributed by atoms with Gasteiger partial charge in [-0.3, -0.25) is 0 Å². The molecule has 1 atom stereocenters. The van der Waals surface area contributed by atoms with Gasteiger partial charge in [-0.15, -0.1) is 0 Å². The summed E-state index contributed by atoms with van der Waals surface area (Å²) in [5, 5.41) is 9.63. The molecule has 0 fully saturated rings. The maximum absolute atomic E-state index is 8.51. The Morgan fingerprint density at radius 1 is 1.18 bits per heavy atom. The molecular formula is C9H19BrO. The van der Waals surface area contributed by atoms with Crippen molar-refractivity contribution in [2.24, 2.45) is 5.92 Å². The number of rotatable bonds is 7. The van der Waals surface area contributed by atoms with E-state index in [1.807, 2.05) is 0 Å². The van der Waals surface area contributed by atoms with E-state index < -0.39 is 0 Å². The molecule has 11 heavy (non-hydrogen) atoms. The van der Waals surface area contributed by atoms with E-state index in [4.69, 9.17) is 5.11 Å². The van der Waals surface area contributed by atoms with Gasteiger partial charge in [-0.2, -0.15) is 0 Å². The first-order valence-electron chi connectivity index (χ1n) is 4.48. The van der Waals surface area contributed by atoms with Crippen LogP contribution in [0.3, 0.4) is 0 Å². The molecule has 1 nitrogen and oxygen atoms in total. The van der Waals surface area contributed by atoms with Crippen LogP contribution in [0.2, 0.25) is 0 Å². The first-order valence-corrected chi connectivity index (χ1v) is 5.60. The summed E-state index contributed by atoms with van der Waals surface area (Å²) in [6.07, 6.45) is 6.07. The smallest absolute Gasteiger partial charge is 0.0431 e. The van der Waals surface area contributed by atoms with Gasteiger partial charge in [0.15, 0.2) is 0 Å². The molecule has 1 N–H and O–H groups in total. The highest BCUT2D eigenvalue weighted by Gasteiger charge is 1.98. The van der Waals surface area contributed by atoms with Crippen LogP contribution in [0, 0.1) is 5.92 Å².